The number of hydrogen-bond donors (Lipinski definition) is 1. The monoisotopic (exact) mass is 321 g/mol. The maximum Gasteiger partial charge on any atom is 0.409 e. The van der Waals surface area contributed by atoms with Crippen LogP contribution in [0.4, 0.5) is 10.5 Å². The van der Waals surface area contributed by atoms with Gasteiger partial charge in [0, 0.05) is 30.8 Å². The molecule has 1 fully saturated rings. The molecule has 0 spiro atoms. The molecule has 2 amide bonds. The number of para-hydroxylation sites is 1. The summed E-state index contributed by atoms with van der Waals surface area (Å²) in [5.74, 6) is -0.254. The molecule has 0 aliphatic carbocycles. The van der Waals surface area contributed by atoms with E-state index in [9.17, 15) is 19.7 Å². The van der Waals surface area contributed by atoms with Gasteiger partial charge < -0.3 is 15.0 Å². The molecule has 0 bridgehead atoms. The summed E-state index contributed by atoms with van der Waals surface area (Å²) in [6.45, 7) is 1.03. The predicted molar refractivity (Wildman–Crippen MR) is 81.9 cm³/mol. The summed E-state index contributed by atoms with van der Waals surface area (Å²) in [7, 11) is 1.34. The molecule has 0 atom stereocenters. The molecular formula is C15H19N3O5. The second kappa shape index (κ2) is 7.57. The van der Waals surface area contributed by atoms with Crippen LogP contribution in [0.1, 0.15) is 18.4 Å². The van der Waals surface area contributed by atoms with Gasteiger partial charge in [0.25, 0.3) is 5.69 Å². The summed E-state index contributed by atoms with van der Waals surface area (Å²) >= 11 is 0. The van der Waals surface area contributed by atoms with Crippen LogP contribution < -0.4 is 5.32 Å². The molecule has 124 valence electrons. The molecule has 1 aliphatic rings. The molecule has 0 saturated carbocycles. The van der Waals surface area contributed by atoms with Crippen LogP contribution in [0.15, 0.2) is 24.3 Å². The summed E-state index contributed by atoms with van der Waals surface area (Å²) in [5, 5.41) is 13.8. The molecule has 1 aromatic carbocycles. The average molecular weight is 321 g/mol. The van der Waals surface area contributed by atoms with Crippen molar-refractivity contribution in [1.29, 1.82) is 0 Å². The van der Waals surface area contributed by atoms with Crippen molar-refractivity contribution in [1.82, 2.24) is 10.2 Å². The maximum atomic E-state index is 12.1. The first kappa shape index (κ1) is 16.7. The summed E-state index contributed by atoms with van der Waals surface area (Å²) < 4.78 is 4.66. The number of amides is 2. The Labute approximate surface area is 133 Å². The van der Waals surface area contributed by atoms with Crippen LogP contribution in [-0.2, 0) is 16.0 Å². The van der Waals surface area contributed by atoms with E-state index in [1.807, 2.05) is 0 Å². The number of nitrogens with zero attached hydrogens (tertiary/aromatic N) is 2. The fourth-order valence-electron chi connectivity index (χ4n) is 2.63. The topological polar surface area (TPSA) is 102 Å². The molecule has 0 radical (unpaired) electrons. The zero-order chi connectivity index (χ0) is 16.8. The Kier molecular flexibility index (Phi) is 5.51. The first-order valence-corrected chi connectivity index (χ1v) is 7.36. The number of methoxy groups -OCH3 is 1. The van der Waals surface area contributed by atoms with E-state index < -0.39 is 4.92 Å². The molecule has 1 N–H and O–H groups in total. The van der Waals surface area contributed by atoms with Gasteiger partial charge in [-0.3, -0.25) is 14.9 Å². The van der Waals surface area contributed by atoms with Gasteiger partial charge in [-0.15, -0.1) is 0 Å². The van der Waals surface area contributed by atoms with E-state index in [-0.39, 0.29) is 30.2 Å². The Balaban J connectivity index is 1.87. The molecule has 0 unspecified atom stereocenters. The number of hydrogen-bond acceptors (Lipinski definition) is 5. The lowest BCUT2D eigenvalue weighted by atomic mass is 10.0. The van der Waals surface area contributed by atoms with E-state index in [1.165, 1.54) is 13.2 Å². The quantitative estimate of drug-likeness (QED) is 0.668. The number of rotatable bonds is 4. The van der Waals surface area contributed by atoms with Gasteiger partial charge in [-0.1, -0.05) is 18.2 Å². The zero-order valence-corrected chi connectivity index (χ0v) is 12.9. The summed E-state index contributed by atoms with van der Waals surface area (Å²) in [5.41, 5.74) is 0.338. The molecular weight excluding hydrogens is 302 g/mol. The highest BCUT2D eigenvalue weighted by atomic mass is 16.6. The highest BCUT2D eigenvalue weighted by Crippen LogP contribution is 2.18. The molecule has 1 saturated heterocycles. The third-order valence-electron chi connectivity index (χ3n) is 3.83. The molecule has 8 nitrogen and oxygen atoms in total. The fourth-order valence-corrected chi connectivity index (χ4v) is 2.63. The molecule has 1 heterocycles. The van der Waals surface area contributed by atoms with E-state index in [1.54, 1.807) is 23.1 Å². The minimum Gasteiger partial charge on any atom is -0.453 e. The molecule has 0 aromatic heterocycles. The van der Waals surface area contributed by atoms with Crippen molar-refractivity contribution >= 4 is 17.7 Å². The number of likely N-dealkylation sites (tertiary alicyclic amines) is 1. The lowest BCUT2D eigenvalue weighted by Gasteiger charge is -2.31. The Hall–Kier alpha value is -2.64. The highest BCUT2D eigenvalue weighted by molar-refractivity contribution is 5.80. The number of nitro benzene ring substituents is 1. The van der Waals surface area contributed by atoms with Crippen LogP contribution >= 0.6 is 0 Å². The van der Waals surface area contributed by atoms with Crippen molar-refractivity contribution in [2.45, 2.75) is 25.3 Å². The van der Waals surface area contributed by atoms with Crippen molar-refractivity contribution in [3.8, 4) is 0 Å². The minimum atomic E-state index is -0.489. The first-order chi connectivity index (χ1) is 11.0. The van der Waals surface area contributed by atoms with E-state index in [2.05, 4.69) is 10.1 Å². The highest BCUT2D eigenvalue weighted by Gasteiger charge is 2.24. The zero-order valence-electron chi connectivity index (χ0n) is 12.9. The second-order valence-electron chi connectivity index (χ2n) is 5.36. The van der Waals surface area contributed by atoms with E-state index in [0.717, 1.165) is 0 Å². The van der Waals surface area contributed by atoms with Crippen LogP contribution in [0.2, 0.25) is 0 Å². The Morgan fingerprint density at radius 3 is 2.61 bits per heavy atom. The predicted octanol–water partition coefficient (Wildman–Crippen LogP) is 1.48. The SMILES string of the molecule is COC(=O)N1CCC(NC(=O)Cc2ccccc2[N+](=O)[O-])CC1. The van der Waals surface area contributed by atoms with Gasteiger partial charge in [0.2, 0.25) is 5.91 Å². The maximum absolute atomic E-state index is 12.1. The molecule has 8 heteroatoms. The lowest BCUT2D eigenvalue weighted by Crippen LogP contribution is -2.46. The number of carbonyl (C=O) groups is 2. The van der Waals surface area contributed by atoms with Crippen LogP contribution in [0, 0.1) is 10.1 Å². The number of carbonyl (C=O) groups excluding carboxylic acids is 2. The van der Waals surface area contributed by atoms with Crippen molar-refractivity contribution in [2.75, 3.05) is 20.2 Å². The van der Waals surface area contributed by atoms with Gasteiger partial charge in [0.1, 0.15) is 0 Å². The van der Waals surface area contributed by atoms with Gasteiger partial charge in [-0.2, -0.15) is 0 Å². The van der Waals surface area contributed by atoms with Gasteiger partial charge in [-0.05, 0) is 12.8 Å². The van der Waals surface area contributed by atoms with Gasteiger partial charge in [-0.25, -0.2) is 4.79 Å². The Bertz CT molecular complexity index is 597. The van der Waals surface area contributed by atoms with E-state index in [0.29, 0.717) is 31.5 Å². The van der Waals surface area contributed by atoms with Crippen molar-refractivity contribution in [3.63, 3.8) is 0 Å². The Morgan fingerprint density at radius 2 is 2.00 bits per heavy atom. The average Bonchev–Trinajstić information content (AvgIpc) is 2.55. The molecule has 2 rings (SSSR count). The van der Waals surface area contributed by atoms with Crippen molar-refractivity contribution in [3.05, 3.63) is 39.9 Å². The van der Waals surface area contributed by atoms with Crippen LogP contribution in [-0.4, -0.2) is 48.1 Å². The largest absolute Gasteiger partial charge is 0.453 e. The first-order valence-electron chi connectivity index (χ1n) is 7.36. The van der Waals surface area contributed by atoms with Crippen molar-refractivity contribution < 1.29 is 19.2 Å². The molecule has 23 heavy (non-hydrogen) atoms. The van der Waals surface area contributed by atoms with Crippen LogP contribution in [0.5, 0.6) is 0 Å². The van der Waals surface area contributed by atoms with Crippen LogP contribution in [0.25, 0.3) is 0 Å². The Morgan fingerprint density at radius 1 is 1.35 bits per heavy atom. The molecule has 1 aromatic rings. The van der Waals surface area contributed by atoms with Gasteiger partial charge >= 0.3 is 6.09 Å². The summed E-state index contributed by atoms with van der Waals surface area (Å²) in [6, 6.07) is 6.17. The smallest absolute Gasteiger partial charge is 0.409 e. The minimum absolute atomic E-state index is 0.0334. The van der Waals surface area contributed by atoms with E-state index >= 15 is 0 Å². The fraction of sp³-hybridized carbons (Fsp3) is 0.467. The number of piperidine rings is 1. The second-order valence-corrected chi connectivity index (χ2v) is 5.36. The number of nitro groups is 1. The third-order valence-corrected chi connectivity index (χ3v) is 3.83. The van der Waals surface area contributed by atoms with Gasteiger partial charge in [0.15, 0.2) is 0 Å². The number of benzene rings is 1. The number of ether oxygens (including phenoxy) is 1. The van der Waals surface area contributed by atoms with Gasteiger partial charge in [0.05, 0.1) is 18.5 Å². The molecule has 1 aliphatic heterocycles. The number of nitrogens with one attached hydrogen (secondary N) is 1. The standard InChI is InChI=1S/C15H19N3O5/c1-23-15(20)17-8-6-12(7-9-17)16-14(19)10-11-4-2-3-5-13(11)18(21)22/h2-5,12H,6-10H2,1H3,(H,16,19). The van der Waals surface area contributed by atoms with E-state index in [4.69, 9.17) is 0 Å². The van der Waals surface area contributed by atoms with Crippen LogP contribution in [0.3, 0.4) is 0 Å². The summed E-state index contributed by atoms with van der Waals surface area (Å²) in [6.07, 6.45) is 0.874. The van der Waals surface area contributed by atoms with Crippen molar-refractivity contribution in [2.24, 2.45) is 0 Å². The summed E-state index contributed by atoms with van der Waals surface area (Å²) in [4.78, 5) is 35.5. The normalized spacial score (nSPS) is 15.1. The third kappa shape index (κ3) is 4.41. The lowest BCUT2D eigenvalue weighted by molar-refractivity contribution is -0.385.